The molecule has 5 N–H and O–H groups in total. The first kappa shape index (κ1) is 19.2. The summed E-state index contributed by atoms with van der Waals surface area (Å²) in [5.74, 6) is -5.16. The van der Waals surface area contributed by atoms with E-state index < -0.39 is 71.0 Å². The summed E-state index contributed by atoms with van der Waals surface area (Å²) in [6, 6.07) is 0.436. The fraction of sp³-hybridized carbons (Fsp3) is 0.375. The Morgan fingerprint density at radius 1 is 1.26 bits per heavy atom. The third kappa shape index (κ3) is 3.37. The molecule has 0 bridgehead atoms. The molecular weight excluding hydrogens is 372 g/mol. The van der Waals surface area contributed by atoms with Crippen molar-refractivity contribution in [2.75, 3.05) is 13.2 Å². The first-order valence-corrected chi connectivity index (χ1v) is 7.78. The molecule has 1 aliphatic rings. The molecule has 1 fully saturated rings. The van der Waals surface area contributed by atoms with Crippen molar-refractivity contribution in [1.29, 1.82) is 0 Å². The zero-order chi connectivity index (χ0) is 19.9. The van der Waals surface area contributed by atoms with Gasteiger partial charge in [0.15, 0.2) is 17.1 Å². The van der Waals surface area contributed by atoms with E-state index in [1.807, 2.05) is 0 Å². The fourth-order valence-electron chi connectivity index (χ4n) is 2.76. The highest BCUT2D eigenvalue weighted by atomic mass is 19.1. The Hall–Kier alpha value is -2.60. The molecule has 1 aliphatic heterocycles. The highest BCUT2D eigenvalue weighted by Crippen LogP contribution is 2.28. The Morgan fingerprint density at radius 2 is 1.96 bits per heavy atom. The number of carbonyl (C=O) groups excluding carboxylic acids is 1. The molecule has 0 radical (unpaired) electrons. The van der Waals surface area contributed by atoms with Crippen LogP contribution in [0.3, 0.4) is 0 Å². The maximum Gasteiger partial charge on any atom is 0.349 e. The minimum Gasteiger partial charge on any atom is -0.503 e. The molecular formula is C16H15F2NO8. The average Bonchev–Trinajstić information content (AvgIpc) is 2.64. The largest absolute Gasteiger partial charge is 0.503 e. The summed E-state index contributed by atoms with van der Waals surface area (Å²) in [6.45, 7) is -0.803. The number of fused-ring (bicyclic) bond motifs is 1. The summed E-state index contributed by atoms with van der Waals surface area (Å²) in [5, 5.41) is 40.0. The highest BCUT2D eigenvalue weighted by Gasteiger charge is 2.39. The normalized spacial score (nSPS) is 25.5. The van der Waals surface area contributed by atoms with Crippen LogP contribution in [0.15, 0.2) is 21.3 Å². The molecule has 1 aromatic heterocycles. The summed E-state index contributed by atoms with van der Waals surface area (Å²) in [7, 11) is 0. The van der Waals surface area contributed by atoms with Crippen molar-refractivity contribution < 1.29 is 43.2 Å². The van der Waals surface area contributed by atoms with Crippen molar-refractivity contribution in [3.63, 3.8) is 0 Å². The highest BCUT2D eigenvalue weighted by molar-refractivity contribution is 5.97. The molecule has 1 saturated heterocycles. The lowest BCUT2D eigenvalue weighted by atomic mass is 9.98. The number of aromatic hydroxyl groups is 1. The van der Waals surface area contributed by atoms with Crippen LogP contribution < -0.4 is 10.9 Å². The monoisotopic (exact) mass is 387 g/mol. The maximum absolute atomic E-state index is 13.8. The number of ether oxygens (including phenoxy) is 1. The molecule has 146 valence electrons. The van der Waals surface area contributed by atoms with Crippen LogP contribution in [0.4, 0.5) is 8.78 Å². The molecule has 3 unspecified atom stereocenters. The molecule has 2 heterocycles. The van der Waals surface area contributed by atoms with Crippen LogP contribution >= 0.6 is 0 Å². The Morgan fingerprint density at radius 3 is 2.63 bits per heavy atom. The number of hydrogen-bond donors (Lipinski definition) is 5. The van der Waals surface area contributed by atoms with Crippen LogP contribution in [0.2, 0.25) is 0 Å². The Balaban J connectivity index is 1.89. The van der Waals surface area contributed by atoms with Gasteiger partial charge in [0.05, 0.1) is 19.3 Å². The van der Waals surface area contributed by atoms with Crippen LogP contribution in [0, 0.1) is 11.6 Å². The van der Waals surface area contributed by atoms with E-state index in [9.17, 15) is 33.7 Å². The van der Waals surface area contributed by atoms with Gasteiger partial charge in [-0.2, -0.15) is 4.39 Å². The Labute approximate surface area is 149 Å². The zero-order valence-corrected chi connectivity index (χ0v) is 13.6. The number of hydrogen-bond acceptors (Lipinski definition) is 8. The first-order valence-electron chi connectivity index (χ1n) is 7.78. The van der Waals surface area contributed by atoms with Crippen LogP contribution in [0.1, 0.15) is 10.4 Å². The van der Waals surface area contributed by atoms with Crippen LogP contribution in [-0.4, -0.2) is 63.9 Å². The van der Waals surface area contributed by atoms with Gasteiger partial charge in [-0.3, -0.25) is 4.79 Å². The van der Waals surface area contributed by atoms with E-state index in [4.69, 9.17) is 9.84 Å². The standard InChI is InChI=1S/C16H15F2NO8/c17-7-2-5-1-6(16(25)27-14(5)10(18)11(7)21)15(24)19-8-4-26-9(3-20)13(23)12(8)22/h1-2,8-9,12-13,20-23H,3-4H2,(H,19,24)/t8?,9?,12?,13-/m1/s1. The summed E-state index contributed by atoms with van der Waals surface area (Å²) in [4.78, 5) is 24.3. The number of benzene rings is 1. The van der Waals surface area contributed by atoms with Gasteiger partial charge in [-0.25, -0.2) is 9.18 Å². The third-order valence-corrected chi connectivity index (χ3v) is 4.27. The minimum atomic E-state index is -1.49. The van der Waals surface area contributed by atoms with Crippen LogP contribution in [0.5, 0.6) is 5.75 Å². The Bertz CT molecular complexity index is 946. The SMILES string of the molecule is O=C(NC1COC(CO)[C@@H](O)C1O)c1cc2cc(F)c(O)c(F)c2oc1=O. The van der Waals surface area contributed by atoms with Gasteiger partial charge >= 0.3 is 5.63 Å². The van der Waals surface area contributed by atoms with E-state index in [1.54, 1.807) is 0 Å². The first-order chi connectivity index (χ1) is 12.7. The molecule has 4 atom stereocenters. The van der Waals surface area contributed by atoms with Gasteiger partial charge in [0.25, 0.3) is 5.91 Å². The fourth-order valence-corrected chi connectivity index (χ4v) is 2.76. The number of rotatable bonds is 3. The minimum absolute atomic E-state index is 0.259. The quantitative estimate of drug-likeness (QED) is 0.421. The van der Waals surface area contributed by atoms with Gasteiger partial charge in [-0.15, -0.1) is 0 Å². The van der Waals surface area contributed by atoms with Gasteiger partial charge in [-0.05, 0) is 12.1 Å². The second-order valence-corrected chi connectivity index (χ2v) is 6.00. The average molecular weight is 387 g/mol. The topological polar surface area (TPSA) is 149 Å². The van der Waals surface area contributed by atoms with Crippen molar-refractivity contribution in [2.24, 2.45) is 0 Å². The second kappa shape index (κ2) is 7.19. The van der Waals surface area contributed by atoms with Crippen molar-refractivity contribution in [3.8, 4) is 5.75 Å². The van der Waals surface area contributed by atoms with Gasteiger partial charge in [0, 0.05) is 5.39 Å². The number of carbonyl (C=O) groups is 1. The van der Waals surface area contributed by atoms with E-state index in [1.165, 1.54) is 0 Å². The van der Waals surface area contributed by atoms with Crippen molar-refractivity contribution in [1.82, 2.24) is 5.32 Å². The molecule has 0 saturated carbocycles. The summed E-state index contributed by atoms with van der Waals surface area (Å²) >= 11 is 0. The summed E-state index contributed by atoms with van der Waals surface area (Å²) in [6.07, 6.45) is -4.00. The molecule has 11 heteroatoms. The number of phenolic OH excluding ortho intramolecular Hbond substituents is 1. The number of aliphatic hydroxyl groups is 3. The van der Waals surface area contributed by atoms with E-state index in [-0.39, 0.29) is 12.0 Å². The molecule has 3 rings (SSSR count). The maximum atomic E-state index is 13.8. The van der Waals surface area contributed by atoms with E-state index in [0.29, 0.717) is 6.07 Å². The number of nitrogens with one attached hydrogen (secondary N) is 1. The molecule has 1 aromatic carbocycles. The van der Waals surface area contributed by atoms with Crippen LogP contribution in [0.25, 0.3) is 11.0 Å². The van der Waals surface area contributed by atoms with Crippen molar-refractivity contribution in [2.45, 2.75) is 24.4 Å². The lowest BCUT2D eigenvalue weighted by Gasteiger charge is -2.37. The third-order valence-electron chi connectivity index (χ3n) is 4.27. The Kier molecular flexibility index (Phi) is 5.11. The van der Waals surface area contributed by atoms with Gasteiger partial charge < -0.3 is 34.9 Å². The molecule has 0 aliphatic carbocycles. The predicted molar refractivity (Wildman–Crippen MR) is 84.2 cm³/mol. The van der Waals surface area contributed by atoms with E-state index in [2.05, 4.69) is 9.73 Å². The predicted octanol–water partition coefficient (Wildman–Crippen LogP) is -1.01. The molecule has 1 amide bonds. The van der Waals surface area contributed by atoms with Gasteiger partial charge in [0.1, 0.15) is 23.9 Å². The lowest BCUT2D eigenvalue weighted by molar-refractivity contribution is -0.159. The number of phenols is 1. The van der Waals surface area contributed by atoms with Crippen molar-refractivity contribution in [3.05, 3.63) is 39.8 Å². The smallest absolute Gasteiger partial charge is 0.349 e. The molecule has 9 nitrogen and oxygen atoms in total. The number of halogens is 2. The molecule has 0 spiro atoms. The van der Waals surface area contributed by atoms with E-state index in [0.717, 1.165) is 6.07 Å². The lowest BCUT2D eigenvalue weighted by Crippen LogP contribution is -2.60. The second-order valence-electron chi connectivity index (χ2n) is 6.00. The zero-order valence-electron chi connectivity index (χ0n) is 13.6. The van der Waals surface area contributed by atoms with Crippen LogP contribution in [-0.2, 0) is 4.74 Å². The number of amides is 1. The van der Waals surface area contributed by atoms with E-state index >= 15 is 0 Å². The summed E-state index contributed by atoms with van der Waals surface area (Å²) in [5.41, 5.74) is -2.60. The van der Waals surface area contributed by atoms with Gasteiger partial charge in [-0.1, -0.05) is 0 Å². The summed E-state index contributed by atoms with van der Waals surface area (Å²) < 4.78 is 37.0. The van der Waals surface area contributed by atoms with Crippen molar-refractivity contribution >= 4 is 16.9 Å². The molecule has 2 aromatic rings. The number of aliphatic hydroxyl groups excluding tert-OH is 3. The molecule has 27 heavy (non-hydrogen) atoms. The van der Waals surface area contributed by atoms with Gasteiger partial charge in [0.2, 0.25) is 5.82 Å².